The highest BCUT2D eigenvalue weighted by atomic mass is 28.2. The predicted octanol–water partition coefficient (Wildman–Crippen LogP) is 1.92. The minimum atomic E-state index is 0.881. The summed E-state index contributed by atoms with van der Waals surface area (Å²) in [6.45, 7) is 9.31. The number of aryl methyl sites for hydroxylation is 2. The zero-order valence-electron chi connectivity index (χ0n) is 9.35. The molecule has 1 aromatic rings. The molecule has 0 unspecified atom stereocenters. The Morgan fingerprint density at radius 1 is 1.15 bits per heavy atom. The highest BCUT2D eigenvalue weighted by Gasteiger charge is 1.91. The summed E-state index contributed by atoms with van der Waals surface area (Å²) in [6.07, 6.45) is 0. The smallest absolute Gasteiger partial charge is 0.145 e. The van der Waals surface area contributed by atoms with Gasteiger partial charge in [0.1, 0.15) is 10.5 Å². The Morgan fingerprint density at radius 3 is 1.77 bits per heavy atom. The van der Waals surface area contributed by atoms with E-state index >= 15 is 0 Å². The van der Waals surface area contributed by atoms with Gasteiger partial charge in [-0.2, -0.15) is 0 Å². The number of hydrogen-bond acceptors (Lipinski definition) is 1. The molecule has 0 aliphatic rings. The van der Waals surface area contributed by atoms with Crippen LogP contribution in [0.5, 0.6) is 0 Å². The molecule has 0 saturated heterocycles. The molecule has 0 heterocycles. The molecule has 0 radical (unpaired) electrons. The second-order valence-corrected chi connectivity index (χ2v) is 3.67. The molecule has 2 heteroatoms. The van der Waals surface area contributed by atoms with Gasteiger partial charge in [0.05, 0.1) is 0 Å². The van der Waals surface area contributed by atoms with E-state index in [1.165, 1.54) is 16.7 Å². The van der Waals surface area contributed by atoms with Crippen LogP contribution in [-0.2, 0) is 4.43 Å². The molecule has 1 nitrogen and oxygen atoms in total. The van der Waals surface area contributed by atoms with Gasteiger partial charge in [-0.05, 0) is 44.4 Å². The summed E-state index contributed by atoms with van der Waals surface area (Å²) in [6, 6.07) is 6.38. The van der Waals surface area contributed by atoms with Crippen LogP contribution in [0.15, 0.2) is 18.2 Å². The van der Waals surface area contributed by atoms with Gasteiger partial charge in [0.15, 0.2) is 0 Å². The molecule has 0 aliphatic carbocycles. The number of hydrogen-bond donors (Lipinski definition) is 0. The molecule has 74 valence electrons. The third-order valence-electron chi connectivity index (χ3n) is 2.16. The second-order valence-electron chi connectivity index (χ2n) is 3.09. The zero-order chi connectivity index (χ0) is 10.3. The molecular weight excluding hydrogens is 176 g/mol. The van der Waals surface area contributed by atoms with Gasteiger partial charge in [-0.1, -0.05) is 18.2 Å². The summed E-state index contributed by atoms with van der Waals surface area (Å²) < 4.78 is 4.68. The maximum atomic E-state index is 4.68. The first-order chi connectivity index (χ1) is 6.13. The first kappa shape index (κ1) is 12.4. The molecule has 0 bridgehead atoms. The van der Waals surface area contributed by atoms with E-state index in [0.717, 1.165) is 17.1 Å². The Bertz CT molecular complexity index is 224. The van der Waals surface area contributed by atoms with E-state index in [-0.39, 0.29) is 0 Å². The highest BCUT2D eigenvalue weighted by Crippen LogP contribution is 2.09. The van der Waals surface area contributed by atoms with E-state index in [4.69, 9.17) is 0 Å². The summed E-state index contributed by atoms with van der Waals surface area (Å²) in [5.74, 6) is 0. The third kappa shape index (κ3) is 4.86. The summed E-state index contributed by atoms with van der Waals surface area (Å²) in [5, 5.41) is 0. The Balaban J connectivity index is 0.000000310. The van der Waals surface area contributed by atoms with Gasteiger partial charge >= 0.3 is 0 Å². The molecule has 0 atom stereocenters. The predicted molar refractivity (Wildman–Crippen MR) is 62.2 cm³/mol. The standard InChI is InChI=1S/C9H12.C2H8OSi/c1-7-5-4-6-8(2)9(7)3;1-2-3-4/h4-6H,1-3H3;2H2,1,4H3. The van der Waals surface area contributed by atoms with E-state index in [9.17, 15) is 0 Å². The highest BCUT2D eigenvalue weighted by molar-refractivity contribution is 5.97. The van der Waals surface area contributed by atoms with Crippen molar-refractivity contribution in [3.63, 3.8) is 0 Å². The maximum absolute atomic E-state index is 4.68. The van der Waals surface area contributed by atoms with E-state index < -0.39 is 0 Å². The van der Waals surface area contributed by atoms with Crippen molar-refractivity contribution in [2.45, 2.75) is 27.7 Å². The lowest BCUT2D eigenvalue weighted by molar-refractivity contribution is 0.375. The van der Waals surface area contributed by atoms with Gasteiger partial charge in [-0.15, -0.1) is 0 Å². The first-order valence-electron chi connectivity index (χ1n) is 4.65. The molecule has 0 aromatic heterocycles. The van der Waals surface area contributed by atoms with Crippen LogP contribution in [0.2, 0.25) is 0 Å². The van der Waals surface area contributed by atoms with Crippen LogP contribution in [0.1, 0.15) is 23.6 Å². The van der Waals surface area contributed by atoms with Crippen LogP contribution in [-0.4, -0.2) is 17.1 Å². The fourth-order valence-corrected chi connectivity index (χ4v) is 0.898. The van der Waals surface area contributed by atoms with Crippen molar-refractivity contribution in [1.82, 2.24) is 0 Å². The molecule has 0 N–H and O–H groups in total. The topological polar surface area (TPSA) is 9.23 Å². The van der Waals surface area contributed by atoms with Gasteiger partial charge in [-0.25, -0.2) is 0 Å². The minimum absolute atomic E-state index is 0.881. The van der Waals surface area contributed by atoms with Crippen molar-refractivity contribution in [1.29, 1.82) is 0 Å². The molecule has 0 amide bonds. The van der Waals surface area contributed by atoms with Crippen LogP contribution < -0.4 is 0 Å². The van der Waals surface area contributed by atoms with Crippen LogP contribution in [0.25, 0.3) is 0 Å². The van der Waals surface area contributed by atoms with Gasteiger partial charge in [0, 0.05) is 6.61 Å². The average molecular weight is 196 g/mol. The summed E-state index contributed by atoms with van der Waals surface area (Å²) >= 11 is 0. The Kier molecular flexibility index (Phi) is 6.55. The van der Waals surface area contributed by atoms with Crippen LogP contribution in [0, 0.1) is 20.8 Å². The van der Waals surface area contributed by atoms with Crippen molar-refractivity contribution in [3.05, 3.63) is 34.9 Å². The van der Waals surface area contributed by atoms with E-state index in [2.05, 4.69) is 43.4 Å². The molecule has 1 rings (SSSR count). The lowest BCUT2D eigenvalue weighted by Gasteiger charge is -2.00. The second kappa shape index (κ2) is 6.86. The molecule has 0 fully saturated rings. The largest absolute Gasteiger partial charge is 0.428 e. The number of benzene rings is 1. The van der Waals surface area contributed by atoms with Gasteiger partial charge in [0.25, 0.3) is 0 Å². The lowest BCUT2D eigenvalue weighted by atomic mass is 10.1. The number of rotatable bonds is 1. The molecule has 0 saturated carbocycles. The van der Waals surface area contributed by atoms with Crippen LogP contribution in [0.3, 0.4) is 0 Å². The van der Waals surface area contributed by atoms with Gasteiger partial charge in [0.2, 0.25) is 0 Å². The lowest BCUT2D eigenvalue weighted by Crippen LogP contribution is -1.82. The third-order valence-corrected chi connectivity index (χ3v) is 2.74. The molecule has 0 spiro atoms. The van der Waals surface area contributed by atoms with Crippen LogP contribution >= 0.6 is 0 Å². The quantitative estimate of drug-likeness (QED) is 0.624. The fourth-order valence-electron chi connectivity index (χ4n) is 0.898. The van der Waals surface area contributed by atoms with E-state index in [1.807, 2.05) is 6.92 Å². The Hall–Kier alpha value is -0.603. The SMILES string of the molecule is CCO[SiH3].Cc1cccc(C)c1C. The summed E-state index contributed by atoms with van der Waals surface area (Å²) in [7, 11) is 0.890. The van der Waals surface area contributed by atoms with E-state index in [1.54, 1.807) is 0 Å². The van der Waals surface area contributed by atoms with E-state index in [0.29, 0.717) is 0 Å². The summed E-state index contributed by atoms with van der Waals surface area (Å²) in [4.78, 5) is 0. The van der Waals surface area contributed by atoms with Crippen molar-refractivity contribution in [2.24, 2.45) is 0 Å². The normalized spacial score (nSPS) is 9.23. The van der Waals surface area contributed by atoms with Crippen molar-refractivity contribution < 1.29 is 4.43 Å². The zero-order valence-corrected chi connectivity index (χ0v) is 11.3. The van der Waals surface area contributed by atoms with Crippen molar-refractivity contribution in [2.75, 3.05) is 6.61 Å². The van der Waals surface area contributed by atoms with Gasteiger partial charge < -0.3 is 4.43 Å². The van der Waals surface area contributed by atoms with Crippen molar-refractivity contribution in [3.8, 4) is 0 Å². The fraction of sp³-hybridized carbons (Fsp3) is 0.455. The van der Waals surface area contributed by atoms with Crippen molar-refractivity contribution >= 4 is 10.5 Å². The maximum Gasteiger partial charge on any atom is 0.145 e. The van der Waals surface area contributed by atoms with Gasteiger partial charge in [-0.3, -0.25) is 0 Å². The molecule has 13 heavy (non-hydrogen) atoms. The average Bonchev–Trinajstić information content (AvgIpc) is 2.14. The molecular formula is C11H20OSi. The Morgan fingerprint density at radius 2 is 1.54 bits per heavy atom. The minimum Gasteiger partial charge on any atom is -0.428 e. The first-order valence-corrected chi connectivity index (χ1v) is 5.46. The Labute approximate surface area is 84.7 Å². The molecule has 1 aromatic carbocycles. The monoisotopic (exact) mass is 196 g/mol. The van der Waals surface area contributed by atoms with Crippen LogP contribution in [0.4, 0.5) is 0 Å². The molecule has 0 aliphatic heterocycles. The summed E-state index contributed by atoms with van der Waals surface area (Å²) in [5.41, 5.74) is 4.18.